The number of allylic oxidation sites excluding steroid dienone is 12. The first-order valence-electron chi connectivity index (χ1n) is 20.7. The van der Waals surface area contributed by atoms with E-state index in [-0.39, 0.29) is 25.8 Å². The average Bonchev–Trinajstić information content (AvgIpc) is 3.11. The number of phosphoric acid groups is 1. The van der Waals surface area contributed by atoms with Crippen LogP contribution in [0.1, 0.15) is 142 Å². The van der Waals surface area contributed by atoms with Crippen molar-refractivity contribution in [3.63, 3.8) is 0 Å². The Hall–Kier alpha value is -2.06. The van der Waals surface area contributed by atoms with E-state index in [9.17, 15) is 14.3 Å². The van der Waals surface area contributed by atoms with Crippen molar-refractivity contribution in [1.82, 2.24) is 0 Å². The monoisotopic (exact) mass is 764 g/mol. The van der Waals surface area contributed by atoms with Crippen molar-refractivity contribution in [2.75, 3.05) is 54.1 Å². The van der Waals surface area contributed by atoms with Gasteiger partial charge >= 0.3 is 5.97 Å². The van der Waals surface area contributed by atoms with E-state index in [2.05, 4.69) is 86.8 Å². The van der Waals surface area contributed by atoms with Gasteiger partial charge in [0.05, 0.1) is 34.4 Å². The van der Waals surface area contributed by atoms with Crippen LogP contribution in [0.5, 0.6) is 0 Å². The zero-order valence-corrected chi connectivity index (χ0v) is 35.3. The van der Waals surface area contributed by atoms with Crippen molar-refractivity contribution in [2.45, 2.75) is 148 Å². The highest BCUT2D eigenvalue weighted by molar-refractivity contribution is 7.45. The maximum atomic E-state index is 12.4. The fourth-order valence-corrected chi connectivity index (χ4v) is 5.81. The highest BCUT2D eigenvalue weighted by Gasteiger charge is 2.20. The van der Waals surface area contributed by atoms with Crippen molar-refractivity contribution in [3.8, 4) is 0 Å². The summed E-state index contributed by atoms with van der Waals surface area (Å²) in [5.74, 6) is -0.355. The molecule has 0 aromatic carbocycles. The number of hydrogen-bond acceptors (Lipinski definition) is 7. The predicted molar refractivity (Wildman–Crippen MR) is 222 cm³/mol. The maximum absolute atomic E-state index is 12.4. The van der Waals surface area contributed by atoms with Gasteiger partial charge in [0.2, 0.25) is 0 Å². The molecule has 8 nitrogen and oxygen atoms in total. The minimum Gasteiger partial charge on any atom is -0.756 e. The summed E-state index contributed by atoms with van der Waals surface area (Å²) in [6.07, 6.45) is 46.7. The predicted octanol–water partition coefficient (Wildman–Crippen LogP) is 11.3. The van der Waals surface area contributed by atoms with Crippen molar-refractivity contribution >= 4 is 13.8 Å². The molecule has 53 heavy (non-hydrogen) atoms. The van der Waals surface area contributed by atoms with E-state index in [1.807, 2.05) is 21.1 Å². The second kappa shape index (κ2) is 36.9. The smallest absolute Gasteiger partial charge is 0.306 e. The molecule has 0 aromatic rings. The fraction of sp³-hybridized carbons (Fsp3) is 0.705. The van der Waals surface area contributed by atoms with E-state index in [4.69, 9.17) is 18.5 Å². The molecule has 9 heteroatoms. The van der Waals surface area contributed by atoms with Gasteiger partial charge in [-0.1, -0.05) is 145 Å². The van der Waals surface area contributed by atoms with Crippen LogP contribution in [-0.4, -0.2) is 70.7 Å². The molecule has 0 rings (SSSR count). The van der Waals surface area contributed by atoms with Gasteiger partial charge in [-0.3, -0.25) is 9.36 Å². The fourth-order valence-electron chi connectivity index (χ4n) is 5.08. The van der Waals surface area contributed by atoms with Crippen LogP contribution in [0, 0.1) is 0 Å². The Balaban J connectivity index is 4.03. The van der Waals surface area contributed by atoms with Crippen molar-refractivity contribution in [3.05, 3.63) is 72.9 Å². The minimum atomic E-state index is -4.51. The number of carbonyl (C=O) groups is 1. The second-order valence-corrected chi connectivity index (χ2v) is 16.0. The number of esters is 1. The van der Waals surface area contributed by atoms with Gasteiger partial charge in [0.15, 0.2) is 0 Å². The van der Waals surface area contributed by atoms with Crippen LogP contribution in [0.4, 0.5) is 0 Å². The van der Waals surface area contributed by atoms with E-state index in [1.54, 1.807) is 0 Å². The summed E-state index contributed by atoms with van der Waals surface area (Å²) in [4.78, 5) is 24.7. The standard InChI is InChI=1S/C44H78NO7P/c1-6-8-10-12-13-14-15-16-17-18-19-20-21-22-23-24-25-26-27-28-29-30-31-32-34-36-39-49-41-43(52-44(46)37-35-33-11-9-7-2)42-51-53(47,48)50-40-38-45(3,4)5/h8,10,13-14,16-17,19-20,22-23,25-26,43H,6-7,9,11-12,15,18,21,24,27-42H2,1-5H3/b10-8-,14-13-,17-16-,20-19-,23-22-,26-25-. The third-order valence-electron chi connectivity index (χ3n) is 8.27. The quantitative estimate of drug-likeness (QED) is 0.0204. The van der Waals surface area contributed by atoms with Gasteiger partial charge in [-0.2, -0.15) is 0 Å². The Kier molecular flexibility index (Phi) is 35.5. The molecule has 0 aliphatic carbocycles. The average molecular weight is 764 g/mol. The number of nitrogens with zero attached hydrogens (tertiary/aromatic N) is 1. The number of hydrogen-bond donors (Lipinski definition) is 0. The van der Waals surface area contributed by atoms with E-state index >= 15 is 0 Å². The third-order valence-corrected chi connectivity index (χ3v) is 9.24. The Labute approximate surface area is 325 Å². The molecule has 0 radical (unpaired) electrons. The molecule has 0 saturated heterocycles. The molecule has 0 N–H and O–H groups in total. The summed E-state index contributed by atoms with van der Waals surface area (Å²) in [6.45, 7) is 5.15. The molecule has 0 saturated carbocycles. The van der Waals surface area contributed by atoms with Gasteiger partial charge in [-0.15, -0.1) is 0 Å². The molecule has 0 fully saturated rings. The Morgan fingerprint density at radius 1 is 0.604 bits per heavy atom. The SMILES string of the molecule is CC/C=C\C/C=C\C/C=C\C/C=C\C/C=C\C/C=C\CCCCCCCCCOCC(COP(=O)([O-])OCC[N+](C)(C)C)OC(=O)CCCCCCC. The van der Waals surface area contributed by atoms with Crippen LogP contribution in [-0.2, 0) is 27.9 Å². The molecular weight excluding hydrogens is 685 g/mol. The Morgan fingerprint density at radius 3 is 1.64 bits per heavy atom. The number of ether oxygens (including phenoxy) is 2. The number of carbonyl (C=O) groups excluding carboxylic acids is 1. The lowest BCUT2D eigenvalue weighted by atomic mass is 10.1. The van der Waals surface area contributed by atoms with Crippen molar-refractivity contribution in [1.29, 1.82) is 0 Å². The molecule has 306 valence electrons. The zero-order valence-electron chi connectivity index (χ0n) is 34.4. The minimum absolute atomic E-state index is 0.0203. The van der Waals surface area contributed by atoms with E-state index in [0.717, 1.165) is 96.3 Å². The van der Waals surface area contributed by atoms with Crippen LogP contribution in [0.15, 0.2) is 72.9 Å². The van der Waals surface area contributed by atoms with Crippen molar-refractivity contribution < 1.29 is 37.3 Å². The molecule has 2 atom stereocenters. The number of quaternary nitrogens is 1. The molecular formula is C44H78NO7P. The summed E-state index contributed by atoms with van der Waals surface area (Å²) in [5.41, 5.74) is 0. The molecule has 2 unspecified atom stereocenters. The lowest BCUT2D eigenvalue weighted by molar-refractivity contribution is -0.870. The summed E-state index contributed by atoms with van der Waals surface area (Å²) in [7, 11) is 1.33. The molecule has 0 aliphatic rings. The maximum Gasteiger partial charge on any atom is 0.306 e. The zero-order chi connectivity index (χ0) is 39.1. The molecule has 0 bridgehead atoms. The third kappa shape index (κ3) is 41.0. The van der Waals surface area contributed by atoms with E-state index in [0.29, 0.717) is 24.1 Å². The van der Waals surface area contributed by atoms with Gasteiger partial charge in [0, 0.05) is 13.0 Å². The lowest BCUT2D eigenvalue weighted by Gasteiger charge is -2.28. The molecule has 0 heterocycles. The van der Waals surface area contributed by atoms with Crippen LogP contribution in [0.2, 0.25) is 0 Å². The van der Waals surface area contributed by atoms with Crippen LogP contribution < -0.4 is 4.89 Å². The summed E-state index contributed by atoms with van der Waals surface area (Å²) in [5, 5.41) is 0. The number of rotatable bonds is 37. The van der Waals surface area contributed by atoms with E-state index < -0.39 is 13.9 Å². The van der Waals surface area contributed by atoms with Crippen molar-refractivity contribution in [2.24, 2.45) is 0 Å². The Morgan fingerprint density at radius 2 is 1.09 bits per heavy atom. The number of likely N-dealkylation sites (N-methyl/N-ethyl adjacent to an activating group) is 1. The summed E-state index contributed by atoms with van der Waals surface area (Å²) < 4.78 is 34.2. The highest BCUT2D eigenvalue weighted by atomic mass is 31.2. The first kappa shape index (κ1) is 50.9. The first-order valence-corrected chi connectivity index (χ1v) is 22.1. The van der Waals surface area contributed by atoms with Crippen LogP contribution in [0.25, 0.3) is 0 Å². The van der Waals surface area contributed by atoms with Gasteiger partial charge in [-0.05, 0) is 64.2 Å². The largest absolute Gasteiger partial charge is 0.756 e. The molecule has 0 aliphatic heterocycles. The topological polar surface area (TPSA) is 94.1 Å². The van der Waals surface area contributed by atoms with Gasteiger partial charge in [0.1, 0.15) is 19.3 Å². The molecule has 0 spiro atoms. The van der Waals surface area contributed by atoms with Gasteiger partial charge in [-0.25, -0.2) is 0 Å². The second-order valence-electron chi connectivity index (χ2n) is 14.6. The lowest BCUT2D eigenvalue weighted by Crippen LogP contribution is -2.37. The molecule has 0 aromatic heterocycles. The highest BCUT2D eigenvalue weighted by Crippen LogP contribution is 2.38. The number of phosphoric ester groups is 1. The first-order chi connectivity index (χ1) is 25.6. The Bertz CT molecular complexity index is 1070. The summed E-state index contributed by atoms with van der Waals surface area (Å²) >= 11 is 0. The van der Waals surface area contributed by atoms with Gasteiger partial charge < -0.3 is 27.9 Å². The number of unbranched alkanes of at least 4 members (excludes halogenated alkanes) is 11. The normalized spacial score (nSPS) is 14.6. The van der Waals surface area contributed by atoms with Crippen LogP contribution in [0.3, 0.4) is 0 Å². The molecule has 0 amide bonds. The van der Waals surface area contributed by atoms with Crippen LogP contribution >= 0.6 is 7.82 Å². The van der Waals surface area contributed by atoms with E-state index in [1.165, 1.54) is 25.7 Å². The van der Waals surface area contributed by atoms with Gasteiger partial charge in [0.25, 0.3) is 7.82 Å². The summed E-state index contributed by atoms with van der Waals surface area (Å²) in [6, 6.07) is 0.